The van der Waals surface area contributed by atoms with E-state index in [1.54, 1.807) is 14.1 Å². The van der Waals surface area contributed by atoms with E-state index in [0.29, 0.717) is 11.6 Å². The fourth-order valence-corrected chi connectivity index (χ4v) is 1.80. The molecule has 2 N–H and O–H groups in total. The molecule has 90 valence electrons. The van der Waals surface area contributed by atoms with Gasteiger partial charge >= 0.3 is 0 Å². The normalized spacial score (nSPS) is 21.8. The van der Waals surface area contributed by atoms with Crippen LogP contribution in [0.4, 0.5) is 4.79 Å². The van der Waals surface area contributed by atoms with Crippen LogP contribution < -0.4 is 5.32 Å². The highest BCUT2D eigenvalue weighted by atomic mass is 32.2. The largest absolute Gasteiger partial charge is 0.391 e. The number of aliphatic hydroxyl groups excluding tert-OH is 1. The zero-order valence-electron chi connectivity index (χ0n) is 9.43. The third-order valence-electron chi connectivity index (χ3n) is 2.03. The molecule has 16 heavy (non-hydrogen) atoms. The van der Waals surface area contributed by atoms with Crippen LogP contribution >= 0.6 is 11.8 Å². The highest BCUT2D eigenvalue weighted by molar-refractivity contribution is 8.14. The van der Waals surface area contributed by atoms with Crippen molar-refractivity contribution in [1.29, 1.82) is 0 Å². The maximum atomic E-state index is 11.7. The van der Waals surface area contributed by atoms with Crippen LogP contribution in [-0.4, -0.2) is 59.0 Å². The number of amides is 2. The van der Waals surface area contributed by atoms with Gasteiger partial charge in [0.2, 0.25) is 5.91 Å². The lowest BCUT2D eigenvalue weighted by atomic mass is 10.1. The predicted molar refractivity (Wildman–Crippen MR) is 62.6 cm³/mol. The van der Waals surface area contributed by atoms with Crippen LogP contribution in [0.15, 0.2) is 4.99 Å². The van der Waals surface area contributed by atoms with E-state index < -0.39 is 12.1 Å². The van der Waals surface area contributed by atoms with Crippen molar-refractivity contribution >= 4 is 28.7 Å². The standard InChI is InChI=1S/C9H15N3O3S/c1-5(13)7(8(14)12(2)3)10-6-4-16-9(15)11-6/h5,7,13H,4H2,1-3H3,(H,10,11,15)/t5-,7+/m1/s1. The van der Waals surface area contributed by atoms with Crippen molar-refractivity contribution in [2.24, 2.45) is 4.99 Å². The van der Waals surface area contributed by atoms with Crippen molar-refractivity contribution in [2.75, 3.05) is 19.8 Å². The zero-order chi connectivity index (χ0) is 12.3. The number of likely N-dealkylation sites (N-methyl/N-ethyl adjacent to an activating group) is 1. The van der Waals surface area contributed by atoms with Crippen LogP contribution in [0.2, 0.25) is 0 Å². The Labute approximate surface area is 98.1 Å². The number of carbonyl (C=O) groups excluding carboxylic acids is 2. The summed E-state index contributed by atoms with van der Waals surface area (Å²) in [6, 6.07) is -0.857. The lowest BCUT2D eigenvalue weighted by molar-refractivity contribution is -0.132. The molecule has 2 amide bonds. The second kappa shape index (κ2) is 5.31. The topological polar surface area (TPSA) is 82.0 Å². The zero-order valence-corrected chi connectivity index (χ0v) is 10.2. The van der Waals surface area contributed by atoms with Crippen molar-refractivity contribution < 1.29 is 14.7 Å². The average Bonchev–Trinajstić information content (AvgIpc) is 2.59. The second-order valence-electron chi connectivity index (χ2n) is 3.70. The Balaban J connectivity index is 2.79. The monoisotopic (exact) mass is 245 g/mol. The van der Waals surface area contributed by atoms with Crippen molar-refractivity contribution in [1.82, 2.24) is 10.2 Å². The van der Waals surface area contributed by atoms with Gasteiger partial charge in [-0.15, -0.1) is 0 Å². The molecule has 0 radical (unpaired) electrons. The molecule has 1 aliphatic heterocycles. The van der Waals surface area contributed by atoms with E-state index >= 15 is 0 Å². The summed E-state index contributed by atoms with van der Waals surface area (Å²) in [6.07, 6.45) is -0.884. The Hall–Kier alpha value is -1.08. The number of aliphatic hydroxyl groups is 1. The molecule has 1 saturated heterocycles. The van der Waals surface area contributed by atoms with E-state index in [1.807, 2.05) is 0 Å². The number of hydrogen-bond donors (Lipinski definition) is 2. The van der Waals surface area contributed by atoms with Gasteiger partial charge in [0, 0.05) is 14.1 Å². The van der Waals surface area contributed by atoms with Crippen molar-refractivity contribution in [3.05, 3.63) is 0 Å². The molecule has 0 aromatic heterocycles. The van der Waals surface area contributed by atoms with Gasteiger partial charge in [-0.05, 0) is 6.92 Å². The van der Waals surface area contributed by atoms with Gasteiger partial charge in [0.05, 0.1) is 11.9 Å². The Kier molecular flexibility index (Phi) is 4.31. The van der Waals surface area contributed by atoms with E-state index in [0.717, 1.165) is 11.8 Å². The molecule has 0 aliphatic carbocycles. The van der Waals surface area contributed by atoms with Gasteiger partial charge in [0.25, 0.3) is 5.24 Å². The van der Waals surface area contributed by atoms with Crippen LogP contribution in [0.25, 0.3) is 0 Å². The first kappa shape index (κ1) is 13.0. The van der Waals surface area contributed by atoms with Crippen LogP contribution in [0, 0.1) is 0 Å². The number of carbonyl (C=O) groups is 2. The molecule has 6 nitrogen and oxygen atoms in total. The minimum Gasteiger partial charge on any atom is -0.391 e. The molecular weight excluding hydrogens is 230 g/mol. The fourth-order valence-electron chi connectivity index (χ4n) is 1.20. The summed E-state index contributed by atoms with van der Waals surface area (Å²) in [7, 11) is 3.19. The van der Waals surface area contributed by atoms with E-state index in [4.69, 9.17) is 0 Å². The number of rotatable bonds is 3. The molecule has 0 spiro atoms. The molecule has 0 saturated carbocycles. The first-order chi connectivity index (χ1) is 7.41. The molecule has 1 fully saturated rings. The van der Waals surface area contributed by atoms with Gasteiger partial charge in [-0.3, -0.25) is 14.6 Å². The number of nitrogens with zero attached hydrogens (tertiary/aromatic N) is 2. The quantitative estimate of drug-likeness (QED) is 0.714. The van der Waals surface area contributed by atoms with Crippen molar-refractivity contribution in [2.45, 2.75) is 19.1 Å². The molecule has 0 aromatic carbocycles. The minimum atomic E-state index is -0.884. The summed E-state index contributed by atoms with van der Waals surface area (Å²) in [5.41, 5.74) is 0. The molecule has 7 heteroatoms. The number of nitrogens with one attached hydrogen (secondary N) is 1. The predicted octanol–water partition coefficient (Wildman–Crippen LogP) is -0.321. The maximum absolute atomic E-state index is 11.7. The number of hydrogen-bond acceptors (Lipinski definition) is 5. The van der Waals surface area contributed by atoms with E-state index in [2.05, 4.69) is 10.3 Å². The van der Waals surface area contributed by atoms with Gasteiger partial charge in [-0.1, -0.05) is 11.8 Å². The minimum absolute atomic E-state index is 0.180. The highest BCUT2D eigenvalue weighted by Gasteiger charge is 2.27. The number of aliphatic imine (C=N–C) groups is 1. The van der Waals surface area contributed by atoms with Gasteiger partial charge in [0.15, 0.2) is 6.04 Å². The third kappa shape index (κ3) is 3.21. The molecule has 1 rings (SSSR count). The lowest BCUT2D eigenvalue weighted by Gasteiger charge is -2.19. The van der Waals surface area contributed by atoms with Gasteiger partial charge in [-0.2, -0.15) is 0 Å². The Morgan fingerprint density at radius 2 is 2.25 bits per heavy atom. The molecule has 1 heterocycles. The van der Waals surface area contributed by atoms with Gasteiger partial charge < -0.3 is 15.3 Å². The Morgan fingerprint density at radius 1 is 1.62 bits per heavy atom. The molecule has 0 unspecified atom stereocenters. The van der Waals surface area contributed by atoms with Crippen LogP contribution in [-0.2, 0) is 4.79 Å². The van der Waals surface area contributed by atoms with Gasteiger partial charge in [-0.25, -0.2) is 0 Å². The smallest absolute Gasteiger partial charge is 0.284 e. The SMILES string of the molecule is C[C@@H](O)[C@H](N=C1CSC(=O)N1)C(=O)N(C)C. The first-order valence-electron chi connectivity index (χ1n) is 4.81. The lowest BCUT2D eigenvalue weighted by Crippen LogP contribution is -2.40. The van der Waals surface area contributed by atoms with E-state index in [9.17, 15) is 14.7 Å². The summed E-state index contributed by atoms with van der Waals surface area (Å²) in [5, 5.41) is 11.8. The Morgan fingerprint density at radius 3 is 2.62 bits per heavy atom. The summed E-state index contributed by atoms with van der Waals surface area (Å²) >= 11 is 1.09. The van der Waals surface area contributed by atoms with Gasteiger partial charge in [0.1, 0.15) is 5.84 Å². The van der Waals surface area contributed by atoms with Crippen LogP contribution in [0.3, 0.4) is 0 Å². The fraction of sp³-hybridized carbons (Fsp3) is 0.667. The summed E-state index contributed by atoms with van der Waals surface area (Å²) in [5.74, 6) is 0.577. The van der Waals surface area contributed by atoms with E-state index in [1.165, 1.54) is 11.8 Å². The van der Waals surface area contributed by atoms with E-state index in [-0.39, 0.29) is 11.1 Å². The Bertz CT molecular complexity index is 328. The second-order valence-corrected chi connectivity index (χ2v) is 4.64. The molecular formula is C9H15N3O3S. The highest BCUT2D eigenvalue weighted by Crippen LogP contribution is 2.11. The summed E-state index contributed by atoms with van der Waals surface area (Å²) in [4.78, 5) is 28.1. The maximum Gasteiger partial charge on any atom is 0.284 e. The molecule has 1 aliphatic rings. The number of amidine groups is 1. The summed E-state index contributed by atoms with van der Waals surface area (Å²) < 4.78 is 0. The number of thioether (sulfide) groups is 1. The average molecular weight is 245 g/mol. The summed E-state index contributed by atoms with van der Waals surface area (Å²) in [6.45, 7) is 1.50. The third-order valence-corrected chi connectivity index (χ3v) is 2.81. The van der Waals surface area contributed by atoms with Crippen molar-refractivity contribution in [3.8, 4) is 0 Å². The molecule has 0 bridgehead atoms. The first-order valence-corrected chi connectivity index (χ1v) is 5.80. The van der Waals surface area contributed by atoms with Crippen LogP contribution in [0.1, 0.15) is 6.92 Å². The molecule has 0 aromatic rings. The van der Waals surface area contributed by atoms with Crippen LogP contribution in [0.5, 0.6) is 0 Å². The van der Waals surface area contributed by atoms with Crippen molar-refractivity contribution in [3.63, 3.8) is 0 Å². The molecule has 2 atom stereocenters.